The Hall–Kier alpha value is -0.680. The molecule has 0 bridgehead atoms. The molecular formula is C8H10N2OS2. The second-order valence-electron chi connectivity index (χ2n) is 2.43. The zero-order valence-electron chi connectivity index (χ0n) is 6.84. The third-order valence-electron chi connectivity index (χ3n) is 1.47. The van der Waals surface area contributed by atoms with Crippen molar-refractivity contribution in [2.45, 2.75) is 6.04 Å². The molecule has 5 heteroatoms. The van der Waals surface area contributed by atoms with Gasteiger partial charge in [0.15, 0.2) is 0 Å². The number of aromatic nitrogens is 1. The minimum atomic E-state index is -0.387. The summed E-state index contributed by atoms with van der Waals surface area (Å²) in [5, 5.41) is 2.68. The van der Waals surface area contributed by atoms with Gasteiger partial charge in [0.25, 0.3) is 0 Å². The van der Waals surface area contributed by atoms with Crippen LogP contribution in [0.25, 0.3) is 0 Å². The maximum absolute atomic E-state index is 10.9. The molecule has 1 aromatic heterocycles. The molecule has 0 amide bonds. The summed E-state index contributed by atoms with van der Waals surface area (Å²) in [6.07, 6.45) is 1.65. The summed E-state index contributed by atoms with van der Waals surface area (Å²) in [7, 11) is 0. The minimum Gasteiger partial charge on any atom is -0.359 e. The molecule has 0 aliphatic carbocycles. The number of hydrogen-bond acceptors (Lipinski definition) is 4. The first kappa shape index (κ1) is 10.4. The van der Waals surface area contributed by atoms with E-state index in [1.807, 2.05) is 12.1 Å². The predicted molar refractivity (Wildman–Crippen MR) is 59.5 cm³/mol. The first-order chi connectivity index (χ1) is 6.24. The summed E-state index contributed by atoms with van der Waals surface area (Å²) in [6, 6.07) is 5.05. The SMILES string of the molecule is O=C(S)[C@H](CS)Nc1ccccn1. The number of rotatable bonds is 4. The normalized spacial score (nSPS) is 12.2. The molecule has 1 N–H and O–H groups in total. The Labute approximate surface area is 87.8 Å². The molecule has 1 heterocycles. The van der Waals surface area contributed by atoms with E-state index in [2.05, 4.69) is 35.6 Å². The molecule has 0 aliphatic heterocycles. The molecule has 3 nitrogen and oxygen atoms in total. The van der Waals surface area contributed by atoms with Crippen molar-refractivity contribution in [3.8, 4) is 0 Å². The third-order valence-corrected chi connectivity index (χ3v) is 2.14. The van der Waals surface area contributed by atoms with Crippen LogP contribution in [0.4, 0.5) is 5.82 Å². The second kappa shape index (κ2) is 5.14. The fourth-order valence-corrected chi connectivity index (χ4v) is 1.37. The molecule has 1 rings (SSSR count). The average molecular weight is 214 g/mol. The Kier molecular flexibility index (Phi) is 4.11. The Morgan fingerprint density at radius 1 is 1.62 bits per heavy atom. The third kappa shape index (κ3) is 3.28. The highest BCUT2D eigenvalue weighted by molar-refractivity contribution is 7.96. The molecule has 0 saturated carbocycles. The maximum atomic E-state index is 10.9. The van der Waals surface area contributed by atoms with Crippen LogP contribution in [0.3, 0.4) is 0 Å². The van der Waals surface area contributed by atoms with E-state index in [1.165, 1.54) is 0 Å². The molecule has 0 spiro atoms. The van der Waals surface area contributed by atoms with E-state index in [4.69, 9.17) is 0 Å². The highest BCUT2D eigenvalue weighted by Gasteiger charge is 2.12. The average Bonchev–Trinajstić information content (AvgIpc) is 2.15. The van der Waals surface area contributed by atoms with E-state index in [-0.39, 0.29) is 11.2 Å². The number of carbonyl (C=O) groups is 1. The van der Waals surface area contributed by atoms with Crippen LogP contribution in [0, 0.1) is 0 Å². The molecule has 0 aromatic carbocycles. The Morgan fingerprint density at radius 2 is 2.38 bits per heavy atom. The summed E-state index contributed by atoms with van der Waals surface area (Å²) in [6.45, 7) is 0. The predicted octanol–water partition coefficient (Wildman–Crippen LogP) is 1.25. The molecule has 0 fully saturated rings. The zero-order chi connectivity index (χ0) is 9.68. The molecule has 0 saturated heterocycles. The molecule has 1 aromatic rings. The van der Waals surface area contributed by atoms with Gasteiger partial charge >= 0.3 is 0 Å². The lowest BCUT2D eigenvalue weighted by molar-refractivity contribution is -0.111. The topological polar surface area (TPSA) is 42.0 Å². The lowest BCUT2D eigenvalue weighted by Gasteiger charge is -2.12. The van der Waals surface area contributed by atoms with Crippen LogP contribution in [0.1, 0.15) is 0 Å². The Bertz CT molecular complexity index is 279. The molecule has 0 unspecified atom stereocenters. The number of anilines is 1. The summed E-state index contributed by atoms with van der Waals surface area (Å²) >= 11 is 7.75. The summed E-state index contributed by atoms with van der Waals surface area (Å²) < 4.78 is 0. The highest BCUT2D eigenvalue weighted by atomic mass is 32.1. The molecule has 0 radical (unpaired) electrons. The Balaban J connectivity index is 2.62. The smallest absolute Gasteiger partial charge is 0.208 e. The van der Waals surface area contributed by atoms with Gasteiger partial charge in [-0.3, -0.25) is 4.79 Å². The second-order valence-corrected chi connectivity index (χ2v) is 3.24. The van der Waals surface area contributed by atoms with Crippen LogP contribution in [0.2, 0.25) is 0 Å². The Morgan fingerprint density at radius 3 is 2.85 bits per heavy atom. The van der Waals surface area contributed by atoms with Crippen LogP contribution in [-0.4, -0.2) is 21.9 Å². The van der Waals surface area contributed by atoms with E-state index >= 15 is 0 Å². The largest absolute Gasteiger partial charge is 0.359 e. The van der Waals surface area contributed by atoms with Crippen LogP contribution >= 0.6 is 25.3 Å². The number of nitrogens with one attached hydrogen (secondary N) is 1. The van der Waals surface area contributed by atoms with Gasteiger partial charge in [-0.15, -0.1) is 12.6 Å². The lowest BCUT2D eigenvalue weighted by Crippen LogP contribution is -2.28. The van der Waals surface area contributed by atoms with Gasteiger partial charge in [-0.05, 0) is 12.1 Å². The highest BCUT2D eigenvalue weighted by Crippen LogP contribution is 2.05. The number of pyridine rings is 1. The monoisotopic (exact) mass is 214 g/mol. The van der Waals surface area contributed by atoms with Crippen molar-refractivity contribution in [1.29, 1.82) is 0 Å². The van der Waals surface area contributed by atoms with Crippen LogP contribution in [0.15, 0.2) is 24.4 Å². The fraction of sp³-hybridized carbons (Fsp3) is 0.250. The van der Waals surface area contributed by atoms with Gasteiger partial charge in [0.1, 0.15) is 11.9 Å². The van der Waals surface area contributed by atoms with Crippen molar-refractivity contribution in [3.63, 3.8) is 0 Å². The number of nitrogens with zero attached hydrogens (tertiary/aromatic N) is 1. The van der Waals surface area contributed by atoms with Crippen molar-refractivity contribution in [3.05, 3.63) is 24.4 Å². The van der Waals surface area contributed by atoms with Crippen molar-refractivity contribution in [1.82, 2.24) is 4.98 Å². The summed E-state index contributed by atoms with van der Waals surface area (Å²) in [4.78, 5) is 14.9. The molecular weight excluding hydrogens is 204 g/mol. The van der Waals surface area contributed by atoms with Crippen LogP contribution in [0.5, 0.6) is 0 Å². The number of carbonyl (C=O) groups excluding carboxylic acids is 1. The summed E-state index contributed by atoms with van der Waals surface area (Å²) in [5.74, 6) is 1.06. The fourth-order valence-electron chi connectivity index (χ4n) is 0.812. The van der Waals surface area contributed by atoms with Gasteiger partial charge in [-0.1, -0.05) is 6.07 Å². The molecule has 70 valence electrons. The van der Waals surface area contributed by atoms with Crippen molar-refractivity contribution >= 4 is 36.2 Å². The van der Waals surface area contributed by atoms with E-state index in [9.17, 15) is 4.79 Å². The van der Waals surface area contributed by atoms with Crippen molar-refractivity contribution in [2.75, 3.05) is 11.1 Å². The van der Waals surface area contributed by atoms with Gasteiger partial charge in [0.2, 0.25) is 5.12 Å². The standard InChI is InChI=1S/C8H10N2OS2/c11-8(13)6(5-12)10-7-3-1-2-4-9-7/h1-4,6,12H,5H2,(H,9,10)(H,11,13)/t6-/m0/s1. The first-order valence-electron chi connectivity index (χ1n) is 3.75. The van der Waals surface area contributed by atoms with E-state index < -0.39 is 0 Å². The lowest BCUT2D eigenvalue weighted by atomic mass is 10.3. The first-order valence-corrected chi connectivity index (χ1v) is 4.83. The zero-order valence-corrected chi connectivity index (χ0v) is 8.63. The van der Waals surface area contributed by atoms with Crippen LogP contribution < -0.4 is 5.32 Å². The van der Waals surface area contributed by atoms with Crippen LogP contribution in [-0.2, 0) is 4.79 Å². The quantitative estimate of drug-likeness (QED) is 0.661. The number of thiol groups is 2. The van der Waals surface area contributed by atoms with Gasteiger partial charge in [0, 0.05) is 11.9 Å². The van der Waals surface area contributed by atoms with Gasteiger partial charge < -0.3 is 5.32 Å². The van der Waals surface area contributed by atoms with Gasteiger partial charge in [-0.2, -0.15) is 12.6 Å². The maximum Gasteiger partial charge on any atom is 0.208 e. The van der Waals surface area contributed by atoms with E-state index in [0.717, 1.165) is 0 Å². The van der Waals surface area contributed by atoms with Gasteiger partial charge in [0.05, 0.1) is 0 Å². The van der Waals surface area contributed by atoms with Crippen molar-refractivity contribution in [2.24, 2.45) is 0 Å². The van der Waals surface area contributed by atoms with E-state index in [1.54, 1.807) is 12.3 Å². The minimum absolute atomic E-state index is 0.236. The molecule has 0 aliphatic rings. The summed E-state index contributed by atoms with van der Waals surface area (Å²) in [5.41, 5.74) is 0. The van der Waals surface area contributed by atoms with Crippen molar-refractivity contribution < 1.29 is 4.79 Å². The van der Waals surface area contributed by atoms with Gasteiger partial charge in [-0.25, -0.2) is 4.98 Å². The molecule has 13 heavy (non-hydrogen) atoms. The number of hydrogen-bond donors (Lipinski definition) is 3. The molecule has 1 atom stereocenters. The van der Waals surface area contributed by atoms with E-state index in [0.29, 0.717) is 11.6 Å².